The van der Waals surface area contributed by atoms with Crippen LogP contribution in [0.25, 0.3) is 6.08 Å². The number of nitrogens with zero attached hydrogens (tertiary/aromatic N) is 2. The van der Waals surface area contributed by atoms with E-state index in [9.17, 15) is 14.4 Å². The third-order valence-electron chi connectivity index (χ3n) is 5.59. The molecular weight excluding hydrogens is 378 g/mol. The summed E-state index contributed by atoms with van der Waals surface area (Å²) in [5.41, 5.74) is 3.49. The fraction of sp³-hybridized carbons (Fsp3) is 0.292. The number of amides is 2. The first-order valence-electron chi connectivity index (χ1n) is 10.3. The third-order valence-corrected chi connectivity index (χ3v) is 5.59. The number of hydrogen-bond donors (Lipinski definition) is 1. The Hall–Kier alpha value is -3.25. The number of Topliss-reactive ketones (excluding diaryl/α,β-unsaturated/α-hetero) is 1. The normalized spacial score (nSPS) is 16.9. The molecule has 6 heteroatoms. The van der Waals surface area contributed by atoms with Gasteiger partial charge in [0, 0.05) is 49.9 Å². The molecule has 2 aromatic rings. The Bertz CT molecular complexity index is 976. The monoisotopic (exact) mass is 403 g/mol. The fourth-order valence-electron chi connectivity index (χ4n) is 3.81. The van der Waals surface area contributed by atoms with Crippen LogP contribution >= 0.6 is 0 Å². The van der Waals surface area contributed by atoms with Crippen LogP contribution < -0.4 is 5.32 Å². The van der Waals surface area contributed by atoms with E-state index in [0.29, 0.717) is 51.1 Å². The SMILES string of the molecule is O=C1CCc2cc(C(=O)CN3CCN(C(=O)C=Cc4ccccc4)CC3)ccc2N1. The lowest BCUT2D eigenvalue weighted by molar-refractivity contribution is -0.127. The largest absolute Gasteiger partial charge is 0.337 e. The van der Waals surface area contributed by atoms with Gasteiger partial charge in [0.2, 0.25) is 11.8 Å². The zero-order chi connectivity index (χ0) is 20.9. The van der Waals surface area contributed by atoms with Crippen LogP contribution in [0.15, 0.2) is 54.6 Å². The lowest BCUT2D eigenvalue weighted by Crippen LogP contribution is -2.49. The second-order valence-electron chi connectivity index (χ2n) is 7.69. The average Bonchev–Trinajstić information content (AvgIpc) is 2.78. The van der Waals surface area contributed by atoms with E-state index in [1.54, 1.807) is 12.1 Å². The van der Waals surface area contributed by atoms with Gasteiger partial charge in [0.1, 0.15) is 0 Å². The number of nitrogens with one attached hydrogen (secondary N) is 1. The zero-order valence-corrected chi connectivity index (χ0v) is 16.8. The van der Waals surface area contributed by atoms with Crippen LogP contribution in [-0.2, 0) is 16.0 Å². The molecular formula is C24H25N3O3. The third kappa shape index (κ3) is 4.83. The predicted octanol–water partition coefficient (Wildman–Crippen LogP) is 2.61. The van der Waals surface area contributed by atoms with Crippen molar-refractivity contribution in [2.45, 2.75) is 12.8 Å². The summed E-state index contributed by atoms with van der Waals surface area (Å²) in [6.07, 6.45) is 4.57. The van der Waals surface area contributed by atoms with Crippen LogP contribution in [0, 0.1) is 0 Å². The Morgan fingerprint density at radius 1 is 0.967 bits per heavy atom. The summed E-state index contributed by atoms with van der Waals surface area (Å²) in [6, 6.07) is 15.2. The van der Waals surface area contributed by atoms with Crippen molar-refractivity contribution in [3.8, 4) is 0 Å². The molecule has 0 aliphatic carbocycles. The highest BCUT2D eigenvalue weighted by atomic mass is 16.2. The molecule has 1 fully saturated rings. The maximum Gasteiger partial charge on any atom is 0.246 e. The van der Waals surface area contributed by atoms with Crippen molar-refractivity contribution in [2.24, 2.45) is 0 Å². The number of rotatable bonds is 5. The fourth-order valence-corrected chi connectivity index (χ4v) is 3.81. The molecule has 4 rings (SSSR count). The molecule has 0 bridgehead atoms. The lowest BCUT2D eigenvalue weighted by Gasteiger charge is -2.33. The number of benzene rings is 2. The minimum atomic E-state index is 0.00145. The predicted molar refractivity (Wildman–Crippen MR) is 116 cm³/mol. The molecule has 30 heavy (non-hydrogen) atoms. The highest BCUT2D eigenvalue weighted by Crippen LogP contribution is 2.24. The van der Waals surface area contributed by atoms with Gasteiger partial charge in [-0.15, -0.1) is 0 Å². The average molecular weight is 403 g/mol. The molecule has 1 N–H and O–H groups in total. The van der Waals surface area contributed by atoms with Gasteiger partial charge in [0.05, 0.1) is 6.54 Å². The summed E-state index contributed by atoms with van der Waals surface area (Å²) < 4.78 is 0. The summed E-state index contributed by atoms with van der Waals surface area (Å²) in [5, 5.41) is 2.84. The quantitative estimate of drug-likeness (QED) is 0.616. The van der Waals surface area contributed by atoms with E-state index in [0.717, 1.165) is 16.8 Å². The number of fused-ring (bicyclic) bond motifs is 1. The van der Waals surface area contributed by atoms with Gasteiger partial charge < -0.3 is 10.2 Å². The van der Waals surface area contributed by atoms with Gasteiger partial charge in [-0.25, -0.2) is 0 Å². The number of piperazine rings is 1. The molecule has 2 heterocycles. The first kappa shape index (κ1) is 20.0. The molecule has 0 aromatic heterocycles. The van der Waals surface area contributed by atoms with Gasteiger partial charge in [-0.2, -0.15) is 0 Å². The van der Waals surface area contributed by atoms with E-state index in [4.69, 9.17) is 0 Å². The van der Waals surface area contributed by atoms with Crippen LogP contribution in [0.1, 0.15) is 27.9 Å². The lowest BCUT2D eigenvalue weighted by atomic mass is 9.98. The Morgan fingerprint density at radius 2 is 1.73 bits per heavy atom. The molecule has 6 nitrogen and oxygen atoms in total. The molecule has 0 atom stereocenters. The second kappa shape index (κ2) is 9.05. The highest BCUT2D eigenvalue weighted by molar-refractivity contribution is 6.00. The molecule has 0 radical (unpaired) electrons. The molecule has 0 saturated carbocycles. The highest BCUT2D eigenvalue weighted by Gasteiger charge is 2.22. The van der Waals surface area contributed by atoms with E-state index in [1.165, 1.54) is 0 Å². The minimum Gasteiger partial charge on any atom is -0.337 e. The van der Waals surface area contributed by atoms with E-state index in [-0.39, 0.29) is 17.6 Å². The maximum atomic E-state index is 12.7. The van der Waals surface area contributed by atoms with Crippen LogP contribution in [0.4, 0.5) is 5.69 Å². The van der Waals surface area contributed by atoms with Crippen molar-refractivity contribution in [3.05, 3.63) is 71.3 Å². The van der Waals surface area contributed by atoms with Gasteiger partial charge in [0.15, 0.2) is 5.78 Å². The van der Waals surface area contributed by atoms with Gasteiger partial charge in [-0.3, -0.25) is 19.3 Å². The van der Waals surface area contributed by atoms with Crippen LogP contribution in [0.5, 0.6) is 0 Å². The topological polar surface area (TPSA) is 69.7 Å². The van der Waals surface area contributed by atoms with E-state index in [2.05, 4.69) is 10.2 Å². The summed E-state index contributed by atoms with van der Waals surface area (Å²) in [6.45, 7) is 2.92. The Morgan fingerprint density at radius 3 is 2.50 bits per heavy atom. The van der Waals surface area contributed by atoms with Crippen molar-refractivity contribution < 1.29 is 14.4 Å². The molecule has 1 saturated heterocycles. The standard InChI is InChI=1S/C24H25N3O3/c28-22(20-7-9-21-19(16-20)8-10-23(29)25-21)17-26-12-14-27(15-13-26)24(30)11-6-18-4-2-1-3-5-18/h1-7,9,11,16H,8,10,12-15,17H2,(H,25,29). The van der Waals surface area contributed by atoms with Gasteiger partial charge in [0.25, 0.3) is 0 Å². The van der Waals surface area contributed by atoms with Crippen molar-refractivity contribution in [3.63, 3.8) is 0 Å². The number of ketones is 1. The number of hydrogen-bond acceptors (Lipinski definition) is 4. The number of aryl methyl sites for hydroxylation is 1. The first-order valence-corrected chi connectivity index (χ1v) is 10.3. The van der Waals surface area contributed by atoms with Crippen LogP contribution in [-0.4, -0.2) is 60.1 Å². The molecule has 2 amide bonds. The minimum absolute atomic E-state index is 0.00145. The van der Waals surface area contributed by atoms with Crippen molar-refractivity contribution in [1.82, 2.24) is 9.80 Å². The number of carbonyl (C=O) groups excluding carboxylic acids is 3. The molecule has 0 spiro atoms. The smallest absolute Gasteiger partial charge is 0.246 e. The molecule has 0 unspecified atom stereocenters. The zero-order valence-electron chi connectivity index (χ0n) is 16.8. The molecule has 2 aromatic carbocycles. The maximum absolute atomic E-state index is 12.7. The Balaban J connectivity index is 1.28. The summed E-state index contributed by atoms with van der Waals surface area (Å²) in [5.74, 6) is 0.0904. The van der Waals surface area contributed by atoms with Crippen molar-refractivity contribution >= 4 is 29.4 Å². The Kier molecular flexibility index (Phi) is 6.05. The molecule has 2 aliphatic heterocycles. The van der Waals surface area contributed by atoms with Gasteiger partial charge >= 0.3 is 0 Å². The van der Waals surface area contributed by atoms with E-state index < -0.39 is 0 Å². The Labute approximate surface area is 176 Å². The van der Waals surface area contributed by atoms with E-state index >= 15 is 0 Å². The van der Waals surface area contributed by atoms with Crippen molar-refractivity contribution in [2.75, 3.05) is 38.0 Å². The summed E-state index contributed by atoms with van der Waals surface area (Å²) in [4.78, 5) is 40.5. The van der Waals surface area contributed by atoms with Gasteiger partial charge in [-0.1, -0.05) is 30.3 Å². The number of carbonyl (C=O) groups is 3. The molecule has 154 valence electrons. The second-order valence-corrected chi connectivity index (χ2v) is 7.69. The summed E-state index contributed by atoms with van der Waals surface area (Å²) in [7, 11) is 0. The van der Waals surface area contributed by atoms with Gasteiger partial charge in [-0.05, 0) is 41.8 Å². The summed E-state index contributed by atoms with van der Waals surface area (Å²) >= 11 is 0. The molecule has 2 aliphatic rings. The first-order chi connectivity index (χ1) is 14.6. The number of anilines is 1. The van der Waals surface area contributed by atoms with E-state index in [1.807, 2.05) is 53.4 Å². The van der Waals surface area contributed by atoms with Crippen LogP contribution in [0.3, 0.4) is 0 Å². The van der Waals surface area contributed by atoms with Crippen LogP contribution in [0.2, 0.25) is 0 Å². The van der Waals surface area contributed by atoms with Crippen molar-refractivity contribution in [1.29, 1.82) is 0 Å².